The van der Waals surface area contributed by atoms with Crippen molar-refractivity contribution in [3.05, 3.63) is 141 Å². The number of hydrogen-bond acceptors (Lipinski definition) is 8. The molecule has 0 N–H and O–H groups in total. The van der Waals surface area contributed by atoms with Crippen LogP contribution in [0.2, 0.25) is 0 Å². The van der Waals surface area contributed by atoms with Crippen molar-refractivity contribution in [2.75, 3.05) is 0 Å². The molecular weight excluding hydrogens is 794 g/mol. The van der Waals surface area contributed by atoms with Gasteiger partial charge in [0.1, 0.15) is 44.1 Å². The van der Waals surface area contributed by atoms with E-state index < -0.39 is 24.1 Å². The van der Waals surface area contributed by atoms with Crippen molar-refractivity contribution >= 4 is 58.3 Å². The fourth-order valence-electron chi connectivity index (χ4n) is 6.60. The van der Waals surface area contributed by atoms with Gasteiger partial charge in [0.25, 0.3) is 0 Å². The minimum atomic E-state index is -1.03. The Kier molecular flexibility index (Phi) is 13.8. The van der Waals surface area contributed by atoms with Crippen LogP contribution in [-0.2, 0) is 19.1 Å². The Labute approximate surface area is 346 Å². The highest BCUT2D eigenvalue weighted by Crippen LogP contribution is 2.61. The largest absolute Gasteiger partial charge is 0.457 e. The van der Waals surface area contributed by atoms with E-state index in [1.54, 1.807) is 60.7 Å². The number of para-hydroxylation sites is 2. The smallest absolute Gasteiger partial charge is 0.311 e. The summed E-state index contributed by atoms with van der Waals surface area (Å²) in [6, 6.07) is 36.6. The van der Waals surface area contributed by atoms with E-state index in [9.17, 15) is 20.1 Å². The lowest BCUT2D eigenvalue weighted by atomic mass is 10.1. The van der Waals surface area contributed by atoms with E-state index in [2.05, 4.69) is 0 Å². The molecule has 56 heavy (non-hydrogen) atoms. The summed E-state index contributed by atoms with van der Waals surface area (Å²) in [5.41, 5.74) is 0.463. The summed E-state index contributed by atoms with van der Waals surface area (Å²) in [6.07, 6.45) is 1.23. The van der Waals surface area contributed by atoms with Crippen molar-refractivity contribution < 1.29 is 28.5 Å². The van der Waals surface area contributed by atoms with E-state index in [1.165, 1.54) is 0 Å². The van der Waals surface area contributed by atoms with E-state index in [1.807, 2.05) is 100 Å². The molecule has 0 aromatic heterocycles. The zero-order valence-electron chi connectivity index (χ0n) is 30.9. The molecule has 2 saturated carbocycles. The number of rotatable bonds is 12. The van der Waals surface area contributed by atoms with Crippen LogP contribution in [0.1, 0.15) is 51.0 Å². The molecule has 0 radical (unpaired) electrons. The van der Waals surface area contributed by atoms with Gasteiger partial charge >= 0.3 is 11.9 Å². The standard InChI is InChI=1S/2C22H19Cl2NO3/c2*1-22(2)17(12-19(23)24)20(22)21(26)28-18(13-25)14-7-6-10-16(11-14)27-15-8-4-3-5-9-15/h2*3-12,17-18,20H,1-2H3/t2*17-,18+,20-/m10/s1. The molecule has 0 heterocycles. The summed E-state index contributed by atoms with van der Waals surface area (Å²) in [7, 11) is 0. The van der Waals surface area contributed by atoms with Crippen LogP contribution in [0.3, 0.4) is 0 Å². The van der Waals surface area contributed by atoms with Gasteiger partial charge < -0.3 is 18.9 Å². The molecule has 0 saturated heterocycles. The molecule has 6 atom stereocenters. The maximum absolute atomic E-state index is 12.6. The van der Waals surface area contributed by atoms with E-state index in [0.717, 1.165) is 0 Å². The van der Waals surface area contributed by atoms with Gasteiger partial charge in [-0.1, -0.05) is 135 Å². The molecule has 2 aliphatic rings. The fraction of sp³-hybridized carbons (Fsp3) is 0.273. The van der Waals surface area contributed by atoms with Gasteiger partial charge in [-0.05, 0) is 83.3 Å². The summed E-state index contributed by atoms with van der Waals surface area (Å²) < 4.78 is 22.8. The topological polar surface area (TPSA) is 119 Å². The second kappa shape index (κ2) is 18.3. The first kappa shape index (κ1) is 42.2. The maximum Gasteiger partial charge on any atom is 0.311 e. The molecule has 0 amide bonds. The minimum Gasteiger partial charge on any atom is -0.457 e. The van der Waals surface area contributed by atoms with E-state index in [-0.39, 0.29) is 43.5 Å². The third-order valence-electron chi connectivity index (χ3n) is 9.92. The molecule has 0 unspecified atom stereocenters. The van der Waals surface area contributed by atoms with Gasteiger partial charge in [-0.25, -0.2) is 0 Å². The molecule has 0 aliphatic heterocycles. The van der Waals surface area contributed by atoms with Crippen molar-refractivity contribution in [2.45, 2.75) is 39.9 Å². The number of carbonyl (C=O) groups excluding carboxylic acids is 2. The van der Waals surface area contributed by atoms with Crippen molar-refractivity contribution in [1.29, 1.82) is 10.5 Å². The van der Waals surface area contributed by atoms with E-state index in [4.69, 9.17) is 65.4 Å². The average Bonchev–Trinajstić information content (AvgIpc) is 3.93. The normalized spacial score (nSPS) is 20.4. The maximum atomic E-state index is 12.6. The molecule has 4 aromatic rings. The second-order valence-corrected chi connectivity index (χ2v) is 16.4. The Morgan fingerprint density at radius 1 is 0.571 bits per heavy atom. The van der Waals surface area contributed by atoms with Crippen molar-refractivity contribution in [1.82, 2.24) is 0 Å². The Hall–Kier alpha value is -4.96. The number of carbonyl (C=O) groups is 2. The van der Waals surface area contributed by atoms with Crippen LogP contribution >= 0.6 is 46.4 Å². The van der Waals surface area contributed by atoms with E-state index in [0.29, 0.717) is 34.1 Å². The predicted octanol–water partition coefficient (Wildman–Crippen LogP) is 12.4. The SMILES string of the molecule is CC1(C)[C@H](C(=O)O[C@H](C#N)c2cccc(Oc3ccccc3)c2)[C@@H]1C=C(Cl)Cl.CC1(C)[C@H](C=C(Cl)Cl)[C@@H]1C(=O)O[C@@H](C#N)c1cccc(Oc2ccccc2)c1. The molecule has 4 aromatic carbocycles. The van der Waals surface area contributed by atoms with Crippen LogP contribution < -0.4 is 9.47 Å². The summed E-state index contributed by atoms with van der Waals surface area (Å²) in [4.78, 5) is 25.2. The Balaban J connectivity index is 0.000000214. The zero-order valence-corrected chi connectivity index (χ0v) is 33.9. The van der Waals surface area contributed by atoms with Crippen LogP contribution in [0.4, 0.5) is 0 Å². The summed E-state index contributed by atoms with van der Waals surface area (Å²) in [5.74, 6) is 0.579. The molecule has 8 nitrogen and oxygen atoms in total. The average molecular weight is 833 g/mol. The summed E-state index contributed by atoms with van der Waals surface area (Å²) >= 11 is 22.9. The minimum absolute atomic E-state index is 0.114. The third kappa shape index (κ3) is 10.7. The van der Waals surface area contributed by atoms with Crippen LogP contribution in [0.15, 0.2) is 130 Å². The van der Waals surface area contributed by atoms with E-state index >= 15 is 0 Å². The summed E-state index contributed by atoms with van der Waals surface area (Å²) in [6.45, 7) is 7.75. The van der Waals surface area contributed by atoms with Crippen molar-refractivity contribution in [3.8, 4) is 35.1 Å². The molecule has 0 spiro atoms. The highest BCUT2D eigenvalue weighted by atomic mass is 35.5. The molecular formula is C44H38Cl4N2O6. The lowest BCUT2D eigenvalue weighted by molar-refractivity contribution is -0.150. The molecule has 0 bridgehead atoms. The zero-order chi connectivity index (χ0) is 40.6. The number of nitriles is 2. The van der Waals surface area contributed by atoms with Gasteiger partial charge in [0.2, 0.25) is 12.2 Å². The van der Waals surface area contributed by atoms with Crippen LogP contribution in [0.25, 0.3) is 0 Å². The lowest BCUT2D eigenvalue weighted by Crippen LogP contribution is -2.14. The highest BCUT2D eigenvalue weighted by molar-refractivity contribution is 6.56. The Morgan fingerprint density at radius 3 is 1.23 bits per heavy atom. The van der Waals surface area contributed by atoms with Crippen LogP contribution in [0.5, 0.6) is 23.0 Å². The molecule has 2 aliphatic carbocycles. The Bertz CT molecular complexity index is 2020. The van der Waals surface area contributed by atoms with Crippen LogP contribution in [-0.4, -0.2) is 11.9 Å². The fourth-order valence-corrected chi connectivity index (χ4v) is 7.14. The van der Waals surface area contributed by atoms with Gasteiger partial charge in [0, 0.05) is 11.1 Å². The summed E-state index contributed by atoms with van der Waals surface area (Å²) in [5, 5.41) is 19.1. The highest BCUT2D eigenvalue weighted by Gasteiger charge is 2.62. The predicted molar refractivity (Wildman–Crippen MR) is 216 cm³/mol. The molecule has 6 rings (SSSR count). The third-order valence-corrected chi connectivity index (χ3v) is 10.4. The number of esters is 2. The number of hydrogen-bond donors (Lipinski definition) is 0. The van der Waals surface area contributed by atoms with Gasteiger partial charge in [0.05, 0.1) is 11.8 Å². The second-order valence-electron chi connectivity index (χ2n) is 14.4. The van der Waals surface area contributed by atoms with Gasteiger partial charge in [0.15, 0.2) is 0 Å². The molecule has 288 valence electrons. The van der Waals surface area contributed by atoms with Gasteiger partial charge in [-0.15, -0.1) is 0 Å². The first-order valence-electron chi connectivity index (χ1n) is 17.6. The number of allylic oxidation sites excluding steroid dienone is 2. The van der Waals surface area contributed by atoms with Crippen molar-refractivity contribution in [2.24, 2.45) is 34.5 Å². The first-order valence-corrected chi connectivity index (χ1v) is 19.1. The lowest BCUT2D eigenvalue weighted by Gasteiger charge is -2.13. The van der Waals surface area contributed by atoms with Crippen molar-refractivity contribution in [3.63, 3.8) is 0 Å². The quantitative estimate of drug-likeness (QED) is 0.129. The van der Waals surface area contributed by atoms with Gasteiger partial charge in [-0.2, -0.15) is 10.5 Å². The number of benzene rings is 4. The first-order chi connectivity index (χ1) is 26.6. The number of nitrogens with zero attached hydrogens (tertiary/aromatic N) is 2. The molecule has 2 fully saturated rings. The number of halogens is 4. The van der Waals surface area contributed by atoms with Crippen LogP contribution in [0, 0.1) is 57.2 Å². The Morgan fingerprint density at radius 2 is 0.911 bits per heavy atom. The monoisotopic (exact) mass is 830 g/mol. The molecule has 12 heteroatoms. The van der Waals surface area contributed by atoms with Gasteiger partial charge in [-0.3, -0.25) is 9.59 Å². The number of ether oxygens (including phenoxy) is 4.